The molecule has 0 aliphatic rings. The molecule has 4 unspecified atom stereocenters. The van der Waals surface area contributed by atoms with Gasteiger partial charge in [0.15, 0.2) is 5.96 Å². The summed E-state index contributed by atoms with van der Waals surface area (Å²) in [5, 5.41) is 24.9. The highest BCUT2D eigenvalue weighted by Gasteiger charge is 2.30. The number of nitrogens with one attached hydrogen (secondary N) is 3. The molecular weight excluding hydrogens is 500 g/mol. The standard InChI is InChI=1S/C19H34N8O8S/c20-9(2-1-7-24-19(22)23)15(31)25-11(4-6-14(29)30)16(32)26-10(3-5-13(21)28)17(33)27-12(8-36)18(34)35/h9-12,36H,1-8,20H2,(H2,21,28)(H,25,31)(H,26,32)(H,27,33)(H,29,30)(H,34,35)(H4,22,23,24). The third-order valence-corrected chi connectivity index (χ3v) is 5.06. The zero-order chi connectivity index (χ0) is 27.8. The van der Waals surface area contributed by atoms with E-state index in [0.29, 0.717) is 6.42 Å². The van der Waals surface area contributed by atoms with Crippen molar-refractivity contribution in [2.75, 3.05) is 12.3 Å². The fraction of sp³-hybridized carbons (Fsp3) is 0.632. The van der Waals surface area contributed by atoms with Gasteiger partial charge in [-0.3, -0.25) is 29.0 Å². The largest absolute Gasteiger partial charge is 0.481 e. The maximum absolute atomic E-state index is 12.9. The van der Waals surface area contributed by atoms with Gasteiger partial charge in [-0.2, -0.15) is 12.6 Å². The van der Waals surface area contributed by atoms with Crippen LogP contribution in [0.25, 0.3) is 0 Å². The lowest BCUT2D eigenvalue weighted by atomic mass is 10.1. The molecule has 0 aromatic rings. The van der Waals surface area contributed by atoms with E-state index >= 15 is 0 Å². The molecule has 0 fully saturated rings. The molecule has 4 atom stereocenters. The summed E-state index contributed by atoms with van der Waals surface area (Å²) < 4.78 is 0. The van der Waals surface area contributed by atoms with Crippen LogP contribution in [0, 0.1) is 0 Å². The highest BCUT2D eigenvalue weighted by molar-refractivity contribution is 7.80. The molecule has 0 saturated carbocycles. The molecule has 16 nitrogen and oxygen atoms in total. The predicted molar refractivity (Wildman–Crippen MR) is 130 cm³/mol. The molecule has 36 heavy (non-hydrogen) atoms. The van der Waals surface area contributed by atoms with Gasteiger partial charge in [-0.05, 0) is 25.7 Å². The lowest BCUT2D eigenvalue weighted by Gasteiger charge is -2.24. The maximum atomic E-state index is 12.9. The topological polar surface area (TPSA) is 295 Å². The van der Waals surface area contributed by atoms with Crippen LogP contribution < -0.4 is 38.9 Å². The SMILES string of the molecule is NC(=O)CCC(NC(=O)C(CCC(=O)O)NC(=O)C(N)CCCN=C(N)N)C(=O)NC(CS)C(=O)O. The van der Waals surface area contributed by atoms with Crippen LogP contribution in [0.1, 0.15) is 38.5 Å². The Bertz CT molecular complexity index is 836. The second kappa shape index (κ2) is 16.9. The van der Waals surface area contributed by atoms with Gasteiger partial charge in [0.2, 0.25) is 23.6 Å². The second-order valence-corrected chi connectivity index (χ2v) is 8.06. The lowest BCUT2D eigenvalue weighted by Crippen LogP contribution is -2.57. The number of nitrogens with two attached hydrogens (primary N) is 4. The van der Waals surface area contributed by atoms with E-state index in [1.54, 1.807) is 0 Å². The van der Waals surface area contributed by atoms with Crippen molar-refractivity contribution in [2.24, 2.45) is 27.9 Å². The Morgan fingerprint density at radius 1 is 0.778 bits per heavy atom. The highest BCUT2D eigenvalue weighted by atomic mass is 32.1. The quantitative estimate of drug-likeness (QED) is 0.0349. The molecule has 0 rings (SSSR count). The molecule has 0 aromatic carbocycles. The van der Waals surface area contributed by atoms with Crippen LogP contribution >= 0.6 is 12.6 Å². The van der Waals surface area contributed by atoms with Gasteiger partial charge in [0, 0.05) is 25.1 Å². The van der Waals surface area contributed by atoms with Gasteiger partial charge in [0.25, 0.3) is 0 Å². The molecule has 4 amide bonds. The number of carboxylic acid groups (broad SMARTS) is 2. The first-order chi connectivity index (χ1) is 16.8. The minimum absolute atomic E-state index is 0.127. The molecule has 204 valence electrons. The van der Waals surface area contributed by atoms with E-state index in [4.69, 9.17) is 33.1 Å². The Labute approximate surface area is 212 Å². The van der Waals surface area contributed by atoms with Crippen molar-refractivity contribution in [2.45, 2.75) is 62.7 Å². The number of hydrogen-bond donors (Lipinski definition) is 10. The third-order valence-electron chi connectivity index (χ3n) is 4.69. The number of primary amides is 1. The molecule has 13 N–H and O–H groups in total. The van der Waals surface area contributed by atoms with Crippen molar-refractivity contribution in [3.05, 3.63) is 0 Å². The number of nitrogens with zero attached hydrogens (tertiary/aromatic N) is 1. The van der Waals surface area contributed by atoms with E-state index in [9.17, 15) is 28.8 Å². The van der Waals surface area contributed by atoms with Crippen LogP contribution in [0.15, 0.2) is 4.99 Å². The summed E-state index contributed by atoms with van der Waals surface area (Å²) >= 11 is 3.84. The van der Waals surface area contributed by atoms with Gasteiger partial charge in [-0.1, -0.05) is 0 Å². The van der Waals surface area contributed by atoms with Crippen molar-refractivity contribution in [3.63, 3.8) is 0 Å². The molecule has 0 aliphatic carbocycles. The average molecular weight is 535 g/mol. The lowest BCUT2D eigenvalue weighted by molar-refractivity contribution is -0.141. The first-order valence-corrected chi connectivity index (χ1v) is 11.5. The Morgan fingerprint density at radius 2 is 1.28 bits per heavy atom. The zero-order valence-electron chi connectivity index (χ0n) is 19.5. The summed E-state index contributed by atoms with van der Waals surface area (Å²) in [4.78, 5) is 75.1. The highest BCUT2D eigenvalue weighted by Crippen LogP contribution is 2.05. The Hall–Kier alpha value is -3.60. The number of aliphatic imine (C=N–C) groups is 1. The van der Waals surface area contributed by atoms with Crippen LogP contribution in [0.2, 0.25) is 0 Å². The van der Waals surface area contributed by atoms with Crippen LogP contribution in [-0.4, -0.2) is 88.2 Å². The molecule has 0 spiro atoms. The van der Waals surface area contributed by atoms with Gasteiger partial charge in [0.05, 0.1) is 6.04 Å². The van der Waals surface area contributed by atoms with E-state index in [1.807, 2.05) is 0 Å². The van der Waals surface area contributed by atoms with E-state index < -0.39 is 66.2 Å². The van der Waals surface area contributed by atoms with Gasteiger partial charge in [-0.25, -0.2) is 4.79 Å². The Balaban J connectivity index is 5.46. The molecule has 0 saturated heterocycles. The summed E-state index contributed by atoms with van der Waals surface area (Å²) in [6.45, 7) is 0.215. The van der Waals surface area contributed by atoms with Crippen LogP contribution in [0.4, 0.5) is 0 Å². The molecule has 0 radical (unpaired) electrons. The number of carbonyl (C=O) groups excluding carboxylic acids is 4. The first kappa shape index (κ1) is 32.4. The number of hydrogen-bond acceptors (Lipinski definition) is 9. The molecule has 0 aliphatic heterocycles. The van der Waals surface area contributed by atoms with Crippen LogP contribution in [-0.2, 0) is 28.8 Å². The van der Waals surface area contributed by atoms with Crippen molar-refractivity contribution in [3.8, 4) is 0 Å². The van der Waals surface area contributed by atoms with Crippen LogP contribution in [0.5, 0.6) is 0 Å². The second-order valence-electron chi connectivity index (χ2n) is 7.70. The first-order valence-electron chi connectivity index (χ1n) is 10.8. The van der Waals surface area contributed by atoms with Crippen molar-refractivity contribution in [1.82, 2.24) is 16.0 Å². The number of thiol groups is 1. The normalized spacial score (nSPS) is 13.8. The van der Waals surface area contributed by atoms with E-state index in [0.717, 1.165) is 0 Å². The predicted octanol–water partition coefficient (Wildman–Crippen LogP) is -4.03. The van der Waals surface area contributed by atoms with Gasteiger partial charge >= 0.3 is 11.9 Å². The molecule has 0 bridgehead atoms. The number of guanidine groups is 1. The number of rotatable bonds is 18. The fourth-order valence-electron chi connectivity index (χ4n) is 2.75. The number of amides is 4. The molecule has 0 aromatic heterocycles. The smallest absolute Gasteiger partial charge is 0.327 e. The fourth-order valence-corrected chi connectivity index (χ4v) is 3.00. The van der Waals surface area contributed by atoms with Gasteiger partial charge < -0.3 is 49.1 Å². The number of aliphatic carboxylic acids is 2. The average Bonchev–Trinajstić information content (AvgIpc) is 2.79. The van der Waals surface area contributed by atoms with Crippen molar-refractivity contribution >= 4 is 54.2 Å². The number of carbonyl (C=O) groups is 6. The van der Waals surface area contributed by atoms with Crippen LogP contribution in [0.3, 0.4) is 0 Å². The molecular formula is C19H34N8O8S. The molecule has 17 heteroatoms. The summed E-state index contributed by atoms with van der Waals surface area (Å²) in [6.07, 6.45) is -0.952. The van der Waals surface area contributed by atoms with E-state index in [2.05, 4.69) is 33.6 Å². The van der Waals surface area contributed by atoms with Gasteiger partial charge in [0.1, 0.15) is 18.1 Å². The summed E-state index contributed by atoms with van der Waals surface area (Å²) in [7, 11) is 0. The summed E-state index contributed by atoms with van der Waals surface area (Å²) in [6, 6.07) is -5.26. The monoisotopic (exact) mass is 534 g/mol. The van der Waals surface area contributed by atoms with Crippen molar-refractivity contribution < 1.29 is 39.0 Å². The number of carboxylic acids is 2. The Kier molecular flexibility index (Phi) is 15.2. The maximum Gasteiger partial charge on any atom is 0.327 e. The van der Waals surface area contributed by atoms with E-state index in [1.165, 1.54) is 0 Å². The third kappa shape index (κ3) is 14.0. The minimum Gasteiger partial charge on any atom is -0.481 e. The summed E-state index contributed by atoms with van der Waals surface area (Å²) in [5.74, 6) is -6.43. The van der Waals surface area contributed by atoms with E-state index in [-0.39, 0.29) is 43.9 Å². The molecule has 0 heterocycles. The zero-order valence-corrected chi connectivity index (χ0v) is 20.4. The summed E-state index contributed by atoms with van der Waals surface area (Å²) in [5.41, 5.74) is 21.3. The van der Waals surface area contributed by atoms with Gasteiger partial charge in [-0.15, -0.1) is 0 Å². The Morgan fingerprint density at radius 3 is 1.72 bits per heavy atom. The minimum atomic E-state index is -1.41. The van der Waals surface area contributed by atoms with Crippen molar-refractivity contribution in [1.29, 1.82) is 0 Å².